The average molecular weight is 413 g/mol. The normalized spacial score (nSPS) is 15.6. The maximum absolute atomic E-state index is 12.5. The van der Waals surface area contributed by atoms with E-state index in [0.717, 1.165) is 55.4 Å². The van der Waals surface area contributed by atoms with E-state index in [2.05, 4.69) is 39.3 Å². The van der Waals surface area contributed by atoms with Crippen molar-refractivity contribution in [2.75, 3.05) is 45.1 Å². The summed E-state index contributed by atoms with van der Waals surface area (Å²) in [6, 6.07) is 10.2. The number of benzene rings is 1. The maximum Gasteiger partial charge on any atom is 0.267 e. The fourth-order valence-corrected chi connectivity index (χ4v) is 4.73. The van der Waals surface area contributed by atoms with Crippen LogP contribution in [0.3, 0.4) is 0 Å². The van der Waals surface area contributed by atoms with Crippen molar-refractivity contribution in [3.63, 3.8) is 0 Å². The van der Waals surface area contributed by atoms with Gasteiger partial charge in [-0.2, -0.15) is 11.3 Å². The van der Waals surface area contributed by atoms with Crippen LogP contribution in [0.1, 0.15) is 15.2 Å². The third-order valence-electron chi connectivity index (χ3n) is 5.02. The molecular weight excluding hydrogens is 388 g/mol. The van der Waals surface area contributed by atoms with Crippen LogP contribution in [0.4, 0.5) is 5.69 Å². The molecule has 0 saturated carbocycles. The van der Waals surface area contributed by atoms with Gasteiger partial charge in [0.05, 0.1) is 6.20 Å². The van der Waals surface area contributed by atoms with Crippen molar-refractivity contribution in [2.45, 2.75) is 6.42 Å². The van der Waals surface area contributed by atoms with Crippen LogP contribution in [0.15, 0.2) is 47.3 Å². The minimum atomic E-state index is -0.107. The monoisotopic (exact) mass is 412 g/mol. The highest BCUT2D eigenvalue weighted by Crippen LogP contribution is 2.27. The van der Waals surface area contributed by atoms with Crippen LogP contribution in [0.25, 0.3) is 10.6 Å². The van der Waals surface area contributed by atoms with E-state index >= 15 is 0 Å². The molecule has 0 radical (unpaired) electrons. The number of amides is 1. The molecule has 1 fully saturated rings. The Labute approximate surface area is 173 Å². The van der Waals surface area contributed by atoms with E-state index < -0.39 is 0 Å². The standard InChI is InChI=1S/C21H24N4OS2/c1-24-9-11-25(12-10-24)8-6-16-2-4-18(5-3-16)23-20(26)19-14-22-21(28-19)17-7-13-27-15-17/h2-5,7,13-15H,6,8-12H2,1H3,(H,23,26). The zero-order valence-electron chi connectivity index (χ0n) is 15.9. The van der Waals surface area contributed by atoms with E-state index in [1.165, 1.54) is 16.9 Å². The Morgan fingerprint density at radius 3 is 2.64 bits per heavy atom. The van der Waals surface area contributed by atoms with E-state index in [4.69, 9.17) is 0 Å². The lowest BCUT2D eigenvalue weighted by Gasteiger charge is -2.32. The number of nitrogens with zero attached hydrogens (tertiary/aromatic N) is 3. The number of likely N-dealkylation sites (N-methyl/N-ethyl adjacent to an activating group) is 1. The van der Waals surface area contributed by atoms with Crippen molar-refractivity contribution in [3.05, 3.63) is 57.7 Å². The smallest absolute Gasteiger partial charge is 0.267 e. The largest absolute Gasteiger partial charge is 0.321 e. The number of carbonyl (C=O) groups is 1. The number of aromatic nitrogens is 1. The molecule has 1 saturated heterocycles. The summed E-state index contributed by atoms with van der Waals surface area (Å²) < 4.78 is 0. The topological polar surface area (TPSA) is 48.5 Å². The molecule has 1 aromatic carbocycles. The van der Waals surface area contributed by atoms with Gasteiger partial charge < -0.3 is 15.1 Å². The Morgan fingerprint density at radius 2 is 1.93 bits per heavy atom. The highest BCUT2D eigenvalue weighted by atomic mass is 32.1. The van der Waals surface area contributed by atoms with Crippen LogP contribution in [-0.4, -0.2) is 60.5 Å². The van der Waals surface area contributed by atoms with Crippen LogP contribution < -0.4 is 5.32 Å². The number of thiazole rings is 1. The van der Waals surface area contributed by atoms with Crippen molar-refractivity contribution in [3.8, 4) is 10.6 Å². The molecule has 2 aromatic heterocycles. The van der Waals surface area contributed by atoms with Gasteiger partial charge in [-0.05, 0) is 42.6 Å². The van der Waals surface area contributed by atoms with Gasteiger partial charge in [0.25, 0.3) is 5.91 Å². The van der Waals surface area contributed by atoms with Crippen molar-refractivity contribution in [2.24, 2.45) is 0 Å². The number of anilines is 1. The van der Waals surface area contributed by atoms with Crippen LogP contribution in [0.5, 0.6) is 0 Å². The molecule has 3 aromatic rings. The third kappa shape index (κ3) is 4.86. The van der Waals surface area contributed by atoms with E-state index in [0.29, 0.717) is 4.88 Å². The SMILES string of the molecule is CN1CCN(CCc2ccc(NC(=O)c3cnc(-c4ccsc4)s3)cc2)CC1. The Kier molecular flexibility index (Phi) is 6.17. The molecule has 0 unspecified atom stereocenters. The summed E-state index contributed by atoms with van der Waals surface area (Å²) in [5.41, 5.74) is 3.19. The zero-order chi connectivity index (χ0) is 19.3. The Bertz CT molecular complexity index is 897. The predicted octanol–water partition coefficient (Wildman–Crippen LogP) is 3.91. The molecular formula is C21H24N4OS2. The summed E-state index contributed by atoms with van der Waals surface area (Å²) in [7, 11) is 2.18. The number of hydrogen-bond acceptors (Lipinski definition) is 6. The molecule has 28 heavy (non-hydrogen) atoms. The molecule has 0 spiro atoms. The van der Waals surface area contributed by atoms with Gasteiger partial charge >= 0.3 is 0 Å². The summed E-state index contributed by atoms with van der Waals surface area (Å²) in [5.74, 6) is -0.107. The molecule has 7 heteroatoms. The predicted molar refractivity (Wildman–Crippen MR) is 117 cm³/mol. The second kappa shape index (κ2) is 8.96. The Hall–Kier alpha value is -2.06. The van der Waals surface area contributed by atoms with E-state index in [-0.39, 0.29) is 5.91 Å². The maximum atomic E-state index is 12.5. The minimum absolute atomic E-state index is 0.107. The average Bonchev–Trinajstić information content (AvgIpc) is 3.40. The fraction of sp³-hybridized carbons (Fsp3) is 0.333. The molecule has 0 aliphatic carbocycles. The summed E-state index contributed by atoms with van der Waals surface area (Å²) in [5, 5.41) is 7.91. The van der Waals surface area contributed by atoms with Crippen LogP contribution in [-0.2, 0) is 6.42 Å². The van der Waals surface area contributed by atoms with E-state index in [9.17, 15) is 4.79 Å². The van der Waals surface area contributed by atoms with E-state index in [1.807, 2.05) is 29.0 Å². The molecule has 0 atom stereocenters. The summed E-state index contributed by atoms with van der Waals surface area (Å²) in [6.45, 7) is 5.68. The number of hydrogen-bond donors (Lipinski definition) is 1. The first-order valence-electron chi connectivity index (χ1n) is 9.47. The summed E-state index contributed by atoms with van der Waals surface area (Å²) in [4.78, 5) is 22.4. The highest BCUT2D eigenvalue weighted by Gasteiger charge is 2.14. The van der Waals surface area contributed by atoms with Crippen LogP contribution >= 0.6 is 22.7 Å². The Morgan fingerprint density at radius 1 is 1.14 bits per heavy atom. The zero-order valence-corrected chi connectivity index (χ0v) is 17.6. The number of piperazine rings is 1. The van der Waals surface area contributed by atoms with Crippen LogP contribution in [0.2, 0.25) is 0 Å². The molecule has 1 aliphatic heterocycles. The van der Waals surface area contributed by atoms with Gasteiger partial charge in [0, 0.05) is 49.4 Å². The second-order valence-corrected chi connectivity index (χ2v) is 8.90. The van der Waals surface area contributed by atoms with Gasteiger partial charge in [-0.1, -0.05) is 12.1 Å². The van der Waals surface area contributed by atoms with Gasteiger partial charge in [0.15, 0.2) is 0 Å². The lowest BCUT2D eigenvalue weighted by atomic mass is 10.1. The van der Waals surface area contributed by atoms with Crippen molar-refractivity contribution in [1.82, 2.24) is 14.8 Å². The second-order valence-electron chi connectivity index (χ2n) is 7.09. The molecule has 1 amide bonds. The molecule has 1 N–H and O–H groups in total. The molecule has 3 heterocycles. The van der Waals surface area contributed by atoms with Crippen molar-refractivity contribution >= 4 is 34.3 Å². The third-order valence-corrected chi connectivity index (χ3v) is 6.75. The molecule has 0 bridgehead atoms. The van der Waals surface area contributed by atoms with E-state index in [1.54, 1.807) is 17.5 Å². The number of rotatable bonds is 6. The van der Waals surface area contributed by atoms with Gasteiger partial charge in [0.2, 0.25) is 0 Å². The van der Waals surface area contributed by atoms with Gasteiger partial charge in [-0.3, -0.25) is 4.79 Å². The van der Waals surface area contributed by atoms with Gasteiger partial charge in [-0.15, -0.1) is 11.3 Å². The molecule has 5 nitrogen and oxygen atoms in total. The highest BCUT2D eigenvalue weighted by molar-refractivity contribution is 7.17. The molecule has 4 rings (SSSR count). The lowest BCUT2D eigenvalue weighted by molar-refractivity contribution is 0.103. The van der Waals surface area contributed by atoms with Crippen molar-refractivity contribution < 1.29 is 4.79 Å². The number of nitrogens with one attached hydrogen (secondary N) is 1. The quantitative estimate of drug-likeness (QED) is 0.667. The number of carbonyl (C=O) groups excluding carboxylic acids is 1. The first kappa shape index (κ1) is 19.3. The van der Waals surface area contributed by atoms with Crippen LogP contribution in [0, 0.1) is 0 Å². The molecule has 1 aliphatic rings. The lowest BCUT2D eigenvalue weighted by Crippen LogP contribution is -2.45. The molecule has 146 valence electrons. The van der Waals surface area contributed by atoms with Gasteiger partial charge in [0.1, 0.15) is 9.88 Å². The Balaban J connectivity index is 1.30. The first-order valence-corrected chi connectivity index (χ1v) is 11.2. The summed E-state index contributed by atoms with van der Waals surface area (Å²) >= 11 is 3.05. The number of thiophene rings is 1. The summed E-state index contributed by atoms with van der Waals surface area (Å²) in [6.07, 6.45) is 2.69. The first-order chi connectivity index (χ1) is 13.7. The van der Waals surface area contributed by atoms with Crippen molar-refractivity contribution in [1.29, 1.82) is 0 Å². The minimum Gasteiger partial charge on any atom is -0.321 e. The fourth-order valence-electron chi connectivity index (χ4n) is 3.20. The van der Waals surface area contributed by atoms with Gasteiger partial charge in [-0.25, -0.2) is 4.98 Å².